The van der Waals surface area contributed by atoms with Gasteiger partial charge < -0.3 is 33.6 Å². The molecule has 7 rings (SSSR count). The van der Waals surface area contributed by atoms with Crippen LogP contribution in [0, 0.1) is 0 Å². The summed E-state index contributed by atoms with van der Waals surface area (Å²) in [6.45, 7) is 10.8. The highest BCUT2D eigenvalue weighted by atomic mass is 32.2. The molecule has 0 saturated carbocycles. The Kier molecular flexibility index (Phi) is 18.2. The van der Waals surface area contributed by atoms with Crippen LogP contribution in [-0.4, -0.2) is 109 Å². The number of carbonyl (C=O) groups excluding carboxylic acids is 1. The summed E-state index contributed by atoms with van der Waals surface area (Å²) >= 11 is 0. The van der Waals surface area contributed by atoms with Gasteiger partial charge >= 0.3 is 6.09 Å². The van der Waals surface area contributed by atoms with Crippen molar-refractivity contribution in [2.24, 2.45) is 0 Å². The van der Waals surface area contributed by atoms with Gasteiger partial charge in [0.2, 0.25) is 25.9 Å². The standard InChI is InChI=1S/C53H68N8O10S2Si/c1-53(2,3)74(7,8)71-38-43(33-54-52(62)70-37-42-15-11-9-12-16-42)57-72(63,64)48-30-29-47(59-31-13-10-14-32-59)49(51-55-58-61(56-51)36-41-21-27-46(69-6)28-22-41)50(48)73(65,66)60(34-39-17-23-44(67-4)24-18-39)35-40-19-25-45(68-5)26-20-40/h9,11-12,15-30,43,57H,10,13-14,31-38H2,1-8H3,(H,54,62). The number of hydrogen-bond acceptors (Lipinski definition) is 14. The number of ether oxygens (including phenoxy) is 4. The molecule has 396 valence electrons. The number of rotatable bonds is 23. The first-order valence-corrected chi connectivity index (χ1v) is 30.3. The summed E-state index contributed by atoms with van der Waals surface area (Å²) in [6.07, 6.45) is 1.82. The molecule has 5 aromatic carbocycles. The predicted octanol–water partition coefficient (Wildman–Crippen LogP) is 8.39. The number of alkyl carbamates (subject to hydrolysis) is 1. The molecule has 0 radical (unpaired) electrons. The topological polar surface area (TPSA) is 206 Å². The minimum absolute atomic E-state index is 0.0147. The molecule has 18 nitrogen and oxygen atoms in total. The van der Waals surface area contributed by atoms with Crippen LogP contribution in [0.15, 0.2) is 125 Å². The highest BCUT2D eigenvalue weighted by molar-refractivity contribution is 7.92. The Bertz CT molecular complexity index is 2970. The van der Waals surface area contributed by atoms with Crippen LogP contribution in [0.5, 0.6) is 17.2 Å². The smallest absolute Gasteiger partial charge is 0.407 e. The zero-order chi connectivity index (χ0) is 53.1. The van der Waals surface area contributed by atoms with E-state index in [2.05, 4.69) is 41.1 Å². The largest absolute Gasteiger partial charge is 0.497 e. The molecule has 1 atom stereocenters. The normalized spacial score (nSPS) is 13.9. The summed E-state index contributed by atoms with van der Waals surface area (Å²) in [7, 11) is -7.63. The second-order valence-corrected chi connectivity index (χ2v) is 28.0. The maximum Gasteiger partial charge on any atom is 0.407 e. The van der Waals surface area contributed by atoms with Crippen LogP contribution >= 0.6 is 0 Å². The number of nitrogens with zero attached hydrogens (tertiary/aromatic N) is 6. The van der Waals surface area contributed by atoms with Crippen molar-refractivity contribution in [3.05, 3.63) is 138 Å². The lowest BCUT2D eigenvalue weighted by Crippen LogP contribution is -2.50. The quantitative estimate of drug-likeness (QED) is 0.0579. The third-order valence-corrected chi connectivity index (χ3v) is 21.4. The van der Waals surface area contributed by atoms with E-state index in [-0.39, 0.29) is 55.8 Å². The van der Waals surface area contributed by atoms with Crippen molar-refractivity contribution in [2.45, 2.75) is 100 Å². The van der Waals surface area contributed by atoms with Gasteiger partial charge in [-0.1, -0.05) is 87.5 Å². The lowest BCUT2D eigenvalue weighted by atomic mass is 10.1. The van der Waals surface area contributed by atoms with Crippen LogP contribution in [0.1, 0.15) is 62.3 Å². The Morgan fingerprint density at radius 3 is 1.82 bits per heavy atom. The van der Waals surface area contributed by atoms with E-state index in [0.29, 0.717) is 47.2 Å². The Balaban J connectivity index is 1.39. The van der Waals surface area contributed by atoms with Gasteiger partial charge in [-0.3, -0.25) is 0 Å². The number of aromatic nitrogens is 4. The summed E-state index contributed by atoms with van der Waals surface area (Å²) in [5, 5.41) is 16.1. The number of sulfonamides is 2. The molecule has 1 aliphatic heterocycles. The number of piperidine rings is 1. The maximum atomic E-state index is 16.3. The second-order valence-electron chi connectivity index (χ2n) is 19.6. The van der Waals surface area contributed by atoms with E-state index in [4.69, 9.17) is 28.5 Å². The van der Waals surface area contributed by atoms with Gasteiger partial charge in [0.15, 0.2) is 8.32 Å². The molecule has 2 heterocycles. The lowest BCUT2D eigenvalue weighted by molar-refractivity contribution is 0.137. The van der Waals surface area contributed by atoms with Gasteiger partial charge in [0, 0.05) is 38.4 Å². The Labute approximate surface area is 436 Å². The van der Waals surface area contributed by atoms with Crippen LogP contribution in [0.2, 0.25) is 18.1 Å². The summed E-state index contributed by atoms with van der Waals surface area (Å²) < 4.78 is 95.9. The zero-order valence-corrected chi connectivity index (χ0v) is 46.0. The number of methoxy groups -OCH3 is 3. The molecular weight excluding hydrogens is 1000 g/mol. The van der Waals surface area contributed by atoms with Crippen LogP contribution in [0.25, 0.3) is 11.4 Å². The highest BCUT2D eigenvalue weighted by Crippen LogP contribution is 2.42. The van der Waals surface area contributed by atoms with Crippen LogP contribution < -0.4 is 29.1 Å². The average Bonchev–Trinajstić information content (AvgIpc) is 3.87. The number of anilines is 1. The highest BCUT2D eigenvalue weighted by Gasteiger charge is 2.41. The van der Waals surface area contributed by atoms with Gasteiger partial charge in [0.1, 0.15) is 33.6 Å². The van der Waals surface area contributed by atoms with E-state index in [1.165, 1.54) is 15.2 Å². The minimum atomic E-state index is -4.91. The molecule has 1 fully saturated rings. The third kappa shape index (κ3) is 14.1. The Hall–Kier alpha value is -6.36. The first kappa shape index (κ1) is 55.4. The molecule has 21 heteroatoms. The van der Waals surface area contributed by atoms with Crippen LogP contribution in [0.4, 0.5) is 10.5 Å². The first-order valence-electron chi connectivity index (χ1n) is 24.5. The SMILES string of the molecule is COc1ccc(CN(Cc2ccc(OC)cc2)S(=O)(=O)c2c(S(=O)(=O)NC(CNC(=O)OCc3ccccc3)CO[Si](C)(C)C(C)(C)C)ccc(N3CCCCC3)c2-c2nnn(Cc3ccc(OC)cc3)n2)cc1. The fourth-order valence-electron chi connectivity index (χ4n) is 8.09. The molecule has 1 amide bonds. The molecule has 0 spiro atoms. The fourth-order valence-corrected chi connectivity index (χ4v) is 12.8. The number of tetrazole rings is 1. The minimum Gasteiger partial charge on any atom is -0.497 e. The number of carbonyl (C=O) groups is 1. The van der Waals surface area contributed by atoms with Crippen molar-refractivity contribution >= 4 is 40.1 Å². The zero-order valence-electron chi connectivity index (χ0n) is 43.4. The molecule has 74 heavy (non-hydrogen) atoms. The first-order chi connectivity index (χ1) is 35.3. The third-order valence-electron chi connectivity index (χ3n) is 13.4. The molecule has 0 aliphatic carbocycles. The summed E-state index contributed by atoms with van der Waals surface area (Å²) in [6, 6.07) is 32.3. The summed E-state index contributed by atoms with van der Waals surface area (Å²) in [4.78, 5) is 15.5. The molecule has 1 unspecified atom stereocenters. The van der Waals surface area contributed by atoms with Crippen molar-refractivity contribution in [2.75, 3.05) is 52.5 Å². The van der Waals surface area contributed by atoms with Crippen LogP contribution in [-0.2, 0) is 55.5 Å². The van der Waals surface area contributed by atoms with Gasteiger partial charge in [-0.2, -0.15) is 9.10 Å². The average molecular weight is 1070 g/mol. The summed E-state index contributed by atoms with van der Waals surface area (Å²) in [5.74, 6) is 1.72. The molecule has 2 N–H and O–H groups in total. The Morgan fingerprint density at radius 2 is 1.28 bits per heavy atom. The van der Waals surface area contributed by atoms with E-state index in [9.17, 15) is 4.79 Å². The van der Waals surface area contributed by atoms with Crippen molar-refractivity contribution in [1.82, 2.24) is 34.6 Å². The van der Waals surface area contributed by atoms with Crippen molar-refractivity contribution in [3.8, 4) is 28.6 Å². The van der Waals surface area contributed by atoms with Gasteiger partial charge in [-0.25, -0.2) is 26.4 Å². The molecule has 0 bridgehead atoms. The maximum absolute atomic E-state index is 16.3. The molecule has 1 saturated heterocycles. The van der Waals surface area contributed by atoms with Gasteiger partial charge in [0.25, 0.3) is 0 Å². The predicted molar refractivity (Wildman–Crippen MR) is 286 cm³/mol. The monoisotopic (exact) mass is 1070 g/mol. The van der Waals surface area contributed by atoms with E-state index < -0.39 is 50.3 Å². The van der Waals surface area contributed by atoms with E-state index in [1.54, 1.807) is 75.9 Å². The van der Waals surface area contributed by atoms with Crippen molar-refractivity contribution in [1.29, 1.82) is 0 Å². The molecule has 6 aromatic rings. The van der Waals surface area contributed by atoms with E-state index >= 15 is 16.8 Å². The fraction of sp³-hybridized carbons (Fsp3) is 0.396. The van der Waals surface area contributed by atoms with Gasteiger partial charge in [-0.05, 0) is 113 Å². The van der Waals surface area contributed by atoms with Crippen LogP contribution in [0.3, 0.4) is 0 Å². The molecule has 1 aromatic heterocycles. The van der Waals surface area contributed by atoms with Gasteiger partial charge in [0.05, 0.1) is 46.1 Å². The van der Waals surface area contributed by atoms with E-state index in [1.807, 2.05) is 72.6 Å². The number of benzene rings is 5. The number of amides is 1. The van der Waals surface area contributed by atoms with Crippen molar-refractivity contribution < 1.29 is 45.0 Å². The second kappa shape index (κ2) is 24.3. The number of hydrogen-bond donors (Lipinski definition) is 2. The lowest BCUT2D eigenvalue weighted by Gasteiger charge is -2.37. The molecular formula is C53H68N8O10S2Si. The number of nitrogens with one attached hydrogen (secondary N) is 2. The van der Waals surface area contributed by atoms with Crippen molar-refractivity contribution in [3.63, 3.8) is 0 Å². The Morgan fingerprint density at radius 1 is 0.730 bits per heavy atom. The summed E-state index contributed by atoms with van der Waals surface area (Å²) in [5.41, 5.74) is 3.20. The molecule has 1 aliphatic rings. The van der Waals surface area contributed by atoms with E-state index in [0.717, 1.165) is 30.4 Å². The van der Waals surface area contributed by atoms with Gasteiger partial charge in [-0.15, -0.1) is 10.2 Å².